The lowest BCUT2D eigenvalue weighted by Gasteiger charge is -2.30. The van der Waals surface area contributed by atoms with Gasteiger partial charge in [0.05, 0.1) is 36.0 Å². The van der Waals surface area contributed by atoms with E-state index in [-0.39, 0.29) is 29.5 Å². The summed E-state index contributed by atoms with van der Waals surface area (Å²) in [6.07, 6.45) is 6.41. The highest BCUT2D eigenvalue weighted by atomic mass is 35.5. The van der Waals surface area contributed by atoms with E-state index < -0.39 is 5.82 Å². The SMILES string of the molecule is COC[C@@H]1CN(CC=CC(=O)Nc2cc3c(Nc4ccc(F)c(Cl)c4)ncnc3cc2OCC2CC2)CC(=O)O1. The predicted molar refractivity (Wildman–Crippen MR) is 148 cm³/mol. The van der Waals surface area contributed by atoms with Crippen molar-refractivity contribution in [1.82, 2.24) is 14.9 Å². The number of cyclic esters (lactones) is 1. The van der Waals surface area contributed by atoms with Gasteiger partial charge in [0.15, 0.2) is 0 Å². The number of benzene rings is 2. The van der Waals surface area contributed by atoms with Crippen LogP contribution in [0.3, 0.4) is 0 Å². The summed E-state index contributed by atoms with van der Waals surface area (Å²) in [5.41, 5.74) is 1.61. The van der Waals surface area contributed by atoms with Gasteiger partial charge in [-0.1, -0.05) is 17.7 Å². The molecule has 0 radical (unpaired) electrons. The van der Waals surface area contributed by atoms with Crippen LogP contribution in [0.5, 0.6) is 5.75 Å². The Morgan fingerprint density at radius 2 is 2.10 bits per heavy atom. The molecule has 2 aromatic carbocycles. The summed E-state index contributed by atoms with van der Waals surface area (Å²) in [6.45, 7) is 1.91. The van der Waals surface area contributed by atoms with Gasteiger partial charge in [-0.3, -0.25) is 14.5 Å². The Balaban J connectivity index is 1.33. The van der Waals surface area contributed by atoms with Crippen molar-refractivity contribution in [3.8, 4) is 5.75 Å². The average Bonchev–Trinajstić information content (AvgIpc) is 3.74. The normalized spacial score (nSPS) is 17.7. The number of ether oxygens (including phenoxy) is 3. The van der Waals surface area contributed by atoms with E-state index in [1.54, 1.807) is 31.4 Å². The molecule has 0 bridgehead atoms. The van der Waals surface area contributed by atoms with Crippen molar-refractivity contribution in [2.45, 2.75) is 18.9 Å². The van der Waals surface area contributed by atoms with Crippen LogP contribution >= 0.6 is 11.6 Å². The number of hydrogen-bond acceptors (Lipinski definition) is 9. The third-order valence-corrected chi connectivity index (χ3v) is 6.74. The van der Waals surface area contributed by atoms with Crippen LogP contribution in [0.1, 0.15) is 12.8 Å². The van der Waals surface area contributed by atoms with Gasteiger partial charge in [0.2, 0.25) is 5.91 Å². The van der Waals surface area contributed by atoms with Crippen LogP contribution in [-0.2, 0) is 19.1 Å². The molecule has 1 saturated heterocycles. The van der Waals surface area contributed by atoms with Gasteiger partial charge in [0.1, 0.15) is 29.8 Å². The fourth-order valence-electron chi connectivity index (χ4n) is 4.29. The maximum absolute atomic E-state index is 13.6. The molecular weight excluding hydrogens is 541 g/mol. The van der Waals surface area contributed by atoms with Gasteiger partial charge in [0.25, 0.3) is 0 Å². The van der Waals surface area contributed by atoms with E-state index in [0.29, 0.717) is 66.1 Å². The van der Waals surface area contributed by atoms with Gasteiger partial charge in [-0.05, 0) is 43.0 Å². The molecule has 2 heterocycles. The zero-order chi connectivity index (χ0) is 28.1. The minimum absolute atomic E-state index is 0.0190. The second-order valence-corrected chi connectivity index (χ2v) is 10.2. The van der Waals surface area contributed by atoms with Crippen molar-refractivity contribution in [2.24, 2.45) is 5.92 Å². The maximum atomic E-state index is 13.6. The smallest absolute Gasteiger partial charge is 0.320 e. The van der Waals surface area contributed by atoms with E-state index >= 15 is 0 Å². The number of esters is 1. The summed E-state index contributed by atoms with van der Waals surface area (Å²) in [4.78, 5) is 35.3. The summed E-state index contributed by atoms with van der Waals surface area (Å²) in [7, 11) is 1.55. The van der Waals surface area contributed by atoms with Crippen LogP contribution in [0.4, 0.5) is 21.6 Å². The van der Waals surface area contributed by atoms with Gasteiger partial charge >= 0.3 is 5.97 Å². The van der Waals surface area contributed by atoms with Gasteiger partial charge in [-0.2, -0.15) is 0 Å². The van der Waals surface area contributed by atoms with Gasteiger partial charge in [-0.15, -0.1) is 0 Å². The molecule has 12 heteroatoms. The summed E-state index contributed by atoms with van der Waals surface area (Å²) < 4.78 is 30.0. The minimum Gasteiger partial charge on any atom is -0.491 e. The van der Waals surface area contributed by atoms with Gasteiger partial charge in [0, 0.05) is 43.4 Å². The van der Waals surface area contributed by atoms with E-state index in [0.717, 1.165) is 12.8 Å². The van der Waals surface area contributed by atoms with Crippen LogP contribution in [-0.4, -0.2) is 72.8 Å². The molecule has 0 spiro atoms. The largest absolute Gasteiger partial charge is 0.491 e. The van der Waals surface area contributed by atoms with E-state index in [1.807, 2.05) is 4.90 Å². The quantitative estimate of drug-likeness (QED) is 0.257. The fourth-order valence-corrected chi connectivity index (χ4v) is 4.47. The van der Waals surface area contributed by atoms with Crippen molar-refractivity contribution in [1.29, 1.82) is 0 Å². The molecule has 210 valence electrons. The molecule has 1 amide bonds. The van der Waals surface area contributed by atoms with Crippen molar-refractivity contribution < 1.29 is 28.2 Å². The highest BCUT2D eigenvalue weighted by Crippen LogP contribution is 2.36. The van der Waals surface area contributed by atoms with Crippen molar-refractivity contribution >= 4 is 51.6 Å². The highest BCUT2D eigenvalue weighted by molar-refractivity contribution is 6.31. The molecule has 1 aromatic heterocycles. The topological polar surface area (TPSA) is 115 Å². The first-order valence-corrected chi connectivity index (χ1v) is 13.3. The lowest BCUT2D eigenvalue weighted by Crippen LogP contribution is -2.47. The number of morpholine rings is 1. The average molecular weight is 570 g/mol. The van der Waals surface area contributed by atoms with E-state index in [1.165, 1.54) is 24.5 Å². The Morgan fingerprint density at radius 1 is 1.25 bits per heavy atom. The first kappa shape index (κ1) is 27.8. The lowest BCUT2D eigenvalue weighted by molar-refractivity contribution is -0.161. The van der Waals surface area contributed by atoms with Crippen molar-refractivity contribution in [3.05, 3.63) is 59.7 Å². The molecule has 1 aliphatic carbocycles. The summed E-state index contributed by atoms with van der Waals surface area (Å²) >= 11 is 5.94. The number of nitrogens with one attached hydrogen (secondary N) is 2. The Bertz CT molecular complexity index is 1430. The molecular formula is C28H29ClFN5O5. The molecule has 10 nitrogen and oxygen atoms in total. The number of carbonyl (C=O) groups excluding carboxylic acids is 2. The van der Waals surface area contributed by atoms with E-state index in [4.69, 9.17) is 25.8 Å². The first-order chi connectivity index (χ1) is 19.4. The number of hydrogen-bond donors (Lipinski definition) is 2. The molecule has 5 rings (SSSR count). The molecule has 2 N–H and O–H groups in total. The molecule has 1 aliphatic heterocycles. The summed E-state index contributed by atoms with van der Waals surface area (Å²) in [6, 6.07) is 7.78. The van der Waals surface area contributed by atoms with E-state index in [2.05, 4.69) is 20.6 Å². The molecule has 2 aliphatic rings. The zero-order valence-electron chi connectivity index (χ0n) is 21.9. The Kier molecular flexibility index (Phi) is 8.73. The van der Waals surface area contributed by atoms with Crippen LogP contribution < -0.4 is 15.4 Å². The third kappa shape index (κ3) is 7.23. The van der Waals surface area contributed by atoms with Crippen molar-refractivity contribution in [3.63, 3.8) is 0 Å². The monoisotopic (exact) mass is 569 g/mol. The highest BCUT2D eigenvalue weighted by Gasteiger charge is 2.26. The summed E-state index contributed by atoms with van der Waals surface area (Å²) in [5, 5.41) is 6.64. The first-order valence-electron chi connectivity index (χ1n) is 12.9. The second-order valence-electron chi connectivity index (χ2n) is 9.75. The Labute approximate surface area is 235 Å². The van der Waals surface area contributed by atoms with Crippen molar-refractivity contribution in [2.75, 3.05) is 50.6 Å². The Hall–Kier alpha value is -3.80. The predicted octanol–water partition coefficient (Wildman–Crippen LogP) is 4.32. The molecule has 1 saturated carbocycles. The fraction of sp³-hybridized carbons (Fsp3) is 0.357. The van der Waals surface area contributed by atoms with Crippen LogP contribution in [0, 0.1) is 11.7 Å². The van der Waals surface area contributed by atoms with E-state index in [9.17, 15) is 14.0 Å². The number of nitrogens with zero attached hydrogens (tertiary/aromatic N) is 3. The summed E-state index contributed by atoms with van der Waals surface area (Å²) in [5.74, 6) is 0.245. The number of carbonyl (C=O) groups is 2. The second kappa shape index (κ2) is 12.6. The Morgan fingerprint density at radius 3 is 2.88 bits per heavy atom. The maximum Gasteiger partial charge on any atom is 0.320 e. The number of aromatic nitrogens is 2. The molecule has 40 heavy (non-hydrogen) atoms. The zero-order valence-corrected chi connectivity index (χ0v) is 22.6. The van der Waals surface area contributed by atoms with Gasteiger partial charge in [-0.25, -0.2) is 14.4 Å². The van der Waals surface area contributed by atoms with Crippen LogP contribution in [0.15, 0.2) is 48.8 Å². The standard InChI is InChI=1S/C28H29ClFN5O5/c1-38-15-19-12-35(13-27(37)40-19)8-2-3-26(36)34-24-10-20-23(11-25(24)39-14-17-4-5-17)31-16-32-28(20)33-18-6-7-22(30)21(29)9-18/h2-3,6-7,9-11,16-17,19H,4-5,8,12-15H2,1H3,(H,34,36)(H,31,32,33)/t19-/m0/s1. The number of methoxy groups -OCH3 is 1. The molecule has 1 atom stereocenters. The number of halogens is 2. The molecule has 3 aromatic rings. The molecule has 0 unspecified atom stereocenters. The van der Waals surface area contributed by atoms with Gasteiger partial charge < -0.3 is 24.8 Å². The number of fused-ring (bicyclic) bond motifs is 1. The number of anilines is 3. The number of amides is 1. The lowest BCUT2D eigenvalue weighted by atomic mass is 10.1. The molecule has 2 fully saturated rings. The number of rotatable bonds is 11. The van der Waals surface area contributed by atoms with Crippen LogP contribution in [0.25, 0.3) is 10.9 Å². The minimum atomic E-state index is -0.523. The van der Waals surface area contributed by atoms with Crippen LogP contribution in [0.2, 0.25) is 5.02 Å². The third-order valence-electron chi connectivity index (χ3n) is 6.45.